The zero-order valence-electron chi connectivity index (χ0n) is 3.27. The van der Waals surface area contributed by atoms with E-state index in [9.17, 15) is 0 Å². The normalized spacial score (nSPS) is 9.80. The summed E-state index contributed by atoms with van der Waals surface area (Å²) < 4.78 is 4.67. The van der Waals surface area contributed by atoms with Crippen LogP contribution in [-0.2, 0) is 1.50 Å². The summed E-state index contributed by atoms with van der Waals surface area (Å²) >= 11 is 2.19. The van der Waals surface area contributed by atoms with Crippen LogP contribution >= 0.6 is 0 Å². The Kier molecular flexibility index (Phi) is 4.22. The minimum atomic E-state index is 0.347. The van der Waals surface area contributed by atoms with Gasteiger partial charge < -0.3 is 0 Å². The second-order valence-electron chi connectivity index (χ2n) is 1.12. The van der Waals surface area contributed by atoms with Gasteiger partial charge >= 0.3 is 57.4 Å². The molecule has 2 heteroatoms. The number of hydrogen-bond acceptors (Lipinski definition) is 1. The Morgan fingerprint density at radius 2 is 1.80 bits per heavy atom. The van der Waals surface area contributed by atoms with Gasteiger partial charge in [0.1, 0.15) is 0 Å². The van der Waals surface area contributed by atoms with Crippen molar-refractivity contribution in [2.45, 2.75) is 20.0 Å². The van der Waals surface area contributed by atoms with Crippen molar-refractivity contribution in [2.24, 2.45) is 0 Å². The molecule has 0 aliphatic carbocycles. The Hall–Kier alpha value is 1.21. The molecule has 0 N–H and O–H groups in total. The summed E-state index contributed by atoms with van der Waals surface area (Å²) in [6.07, 6.45) is 0.347. The van der Waals surface area contributed by atoms with Gasteiger partial charge in [0.15, 0.2) is 0 Å². The van der Waals surface area contributed by atoms with E-state index in [0.717, 1.165) is 0 Å². The molecule has 0 spiro atoms. The second kappa shape index (κ2) is 3.40. The van der Waals surface area contributed by atoms with Gasteiger partial charge in [0.2, 0.25) is 0 Å². The summed E-state index contributed by atoms with van der Waals surface area (Å²) in [4.78, 5) is 0. The van der Waals surface area contributed by atoms with E-state index < -0.39 is 0 Å². The van der Waals surface area contributed by atoms with Gasteiger partial charge in [-0.3, -0.25) is 0 Å². The summed E-state index contributed by atoms with van der Waals surface area (Å²) in [5.74, 6) is 0. The Morgan fingerprint density at radius 3 is 1.80 bits per heavy atom. The number of hydrogen-bond donors (Lipinski definition) is 0. The van der Waals surface area contributed by atoms with E-state index in [2.05, 4.69) is 37.4 Å². The Morgan fingerprint density at radius 1 is 1.60 bits per heavy atom. The summed E-state index contributed by atoms with van der Waals surface area (Å²) in [6.45, 7) is 3.96. The molecule has 0 atom stereocenters. The minimum absolute atomic E-state index is 0.347. The Balaban J connectivity index is 2.54. The molecule has 0 aromatic heterocycles. The molecule has 0 amide bonds. The predicted octanol–water partition coefficient (Wildman–Crippen LogP) is 0.876. The van der Waals surface area contributed by atoms with Crippen LogP contribution in [0.5, 0.6) is 0 Å². The quantitative estimate of drug-likeness (QED) is 0.645. The first-order chi connectivity index (χ1) is 2.27. The van der Waals surface area contributed by atoms with Gasteiger partial charge in [-0.15, -0.1) is 0 Å². The van der Waals surface area contributed by atoms with Crippen LogP contribution in [0, 0.1) is 35.9 Å². The van der Waals surface area contributed by atoms with Crippen molar-refractivity contribution in [2.75, 3.05) is 0 Å². The molecule has 0 radical (unpaired) electrons. The van der Waals surface area contributed by atoms with Crippen molar-refractivity contribution < 1.29 is 37.4 Å². The van der Waals surface area contributed by atoms with E-state index >= 15 is 0 Å². The first kappa shape index (κ1) is 6.21. The van der Waals surface area contributed by atoms with E-state index in [1.807, 2.05) is 13.8 Å². The molecule has 5 heavy (non-hydrogen) atoms. The average Bonchev–Trinajstić information content (AvgIpc) is 1.38. The molecular weight excluding hydrogens is 219 g/mol. The Bertz CT molecular complexity index is 20.9. The van der Waals surface area contributed by atoms with Gasteiger partial charge in [-0.05, 0) is 0 Å². The van der Waals surface area contributed by atoms with Crippen LogP contribution in [0.1, 0.15) is 13.8 Å². The predicted molar refractivity (Wildman–Crippen MR) is 16.2 cm³/mol. The molecular formula is C3H7ErO. The molecule has 0 aliphatic rings. The molecule has 0 aromatic rings. The molecule has 0 rings (SSSR count). The SMILES string of the molecule is CC(C)[O][Er]. The average molecular weight is 226 g/mol. The van der Waals surface area contributed by atoms with E-state index in [4.69, 9.17) is 0 Å². The van der Waals surface area contributed by atoms with Gasteiger partial charge in [0.25, 0.3) is 0 Å². The van der Waals surface area contributed by atoms with E-state index in [-0.39, 0.29) is 0 Å². The summed E-state index contributed by atoms with van der Waals surface area (Å²) in [7, 11) is 0. The summed E-state index contributed by atoms with van der Waals surface area (Å²) in [5, 5.41) is 0. The molecule has 0 fully saturated rings. The zero-order valence-corrected chi connectivity index (χ0v) is 5.13. The maximum atomic E-state index is 4.67. The van der Waals surface area contributed by atoms with E-state index in [1.165, 1.54) is 0 Å². The summed E-state index contributed by atoms with van der Waals surface area (Å²) in [5.41, 5.74) is 0. The van der Waals surface area contributed by atoms with Crippen molar-refractivity contribution in [3.05, 3.63) is 0 Å². The monoisotopic (exact) mass is 225 g/mol. The van der Waals surface area contributed by atoms with E-state index in [0.29, 0.717) is 6.10 Å². The molecule has 0 saturated heterocycles. The van der Waals surface area contributed by atoms with Crippen molar-refractivity contribution >= 4 is 0 Å². The van der Waals surface area contributed by atoms with Gasteiger partial charge in [-0.25, -0.2) is 0 Å². The first-order valence-electron chi connectivity index (χ1n) is 1.51. The molecule has 0 saturated carbocycles. The Labute approximate surface area is 57.0 Å². The molecule has 0 aliphatic heterocycles. The van der Waals surface area contributed by atoms with E-state index in [1.54, 1.807) is 0 Å². The van der Waals surface area contributed by atoms with Gasteiger partial charge in [0, 0.05) is 0 Å². The van der Waals surface area contributed by atoms with Crippen LogP contribution in [0.2, 0.25) is 0 Å². The van der Waals surface area contributed by atoms with Crippen LogP contribution < -0.4 is 0 Å². The zero-order chi connectivity index (χ0) is 4.28. The number of rotatable bonds is 1. The third-order valence-electron chi connectivity index (χ3n) is 0.136. The second-order valence-corrected chi connectivity index (χ2v) is 1.55. The van der Waals surface area contributed by atoms with Crippen LogP contribution in [0.3, 0.4) is 0 Å². The standard InChI is InChI=1S/C3H7O.Er/c1-3(2)4;/h3H,1-2H3;/q-1;+1. The molecule has 37 valence electrons. The topological polar surface area (TPSA) is 9.23 Å². The first-order valence-corrected chi connectivity index (χ1v) is 2.26. The van der Waals surface area contributed by atoms with Crippen LogP contribution in [0.15, 0.2) is 0 Å². The van der Waals surface area contributed by atoms with Gasteiger partial charge in [0.05, 0.1) is 0 Å². The molecule has 0 heterocycles. The van der Waals surface area contributed by atoms with Crippen molar-refractivity contribution in [3.8, 4) is 0 Å². The maximum absolute atomic E-state index is 4.67. The van der Waals surface area contributed by atoms with Crippen LogP contribution in [0.25, 0.3) is 0 Å². The fourth-order valence-electron chi connectivity index (χ4n) is 0. The fourth-order valence-corrected chi connectivity index (χ4v) is 0. The van der Waals surface area contributed by atoms with Gasteiger partial charge in [-0.2, -0.15) is 0 Å². The summed E-state index contributed by atoms with van der Waals surface area (Å²) in [6, 6.07) is 0. The third kappa shape index (κ3) is 5.21. The molecule has 0 aromatic carbocycles. The molecule has 1 nitrogen and oxygen atoms in total. The van der Waals surface area contributed by atoms with Crippen molar-refractivity contribution in [3.63, 3.8) is 0 Å². The van der Waals surface area contributed by atoms with Gasteiger partial charge in [-0.1, -0.05) is 0 Å². The fraction of sp³-hybridized carbons (Fsp3) is 1.00. The van der Waals surface area contributed by atoms with Crippen molar-refractivity contribution in [1.82, 2.24) is 0 Å². The van der Waals surface area contributed by atoms with Crippen molar-refractivity contribution in [1.29, 1.82) is 0 Å². The molecule has 0 bridgehead atoms. The van der Waals surface area contributed by atoms with Crippen LogP contribution in [-0.4, -0.2) is 6.10 Å². The third-order valence-corrected chi connectivity index (χ3v) is 1.01. The van der Waals surface area contributed by atoms with Crippen LogP contribution in [0.4, 0.5) is 0 Å². The molecule has 0 unspecified atom stereocenters.